The summed E-state index contributed by atoms with van der Waals surface area (Å²) in [5, 5.41) is 7.84. The van der Waals surface area contributed by atoms with Gasteiger partial charge in [0.2, 0.25) is 5.91 Å². The lowest BCUT2D eigenvalue weighted by Gasteiger charge is -2.17. The molecule has 0 saturated heterocycles. The molecule has 3 rings (SSSR count). The topological polar surface area (TPSA) is 58.2 Å². The molecule has 5 heteroatoms. The fraction of sp³-hybridized carbons (Fsp3) is 0.143. The molecule has 1 atom stereocenters. The Kier molecular flexibility index (Phi) is 5.68. The molecule has 0 aliphatic carbocycles. The van der Waals surface area contributed by atoms with E-state index in [-0.39, 0.29) is 24.4 Å². The molecule has 2 N–H and O–H groups in total. The molecular weight excluding hydrogens is 392 g/mol. The van der Waals surface area contributed by atoms with Crippen LogP contribution < -0.4 is 10.6 Å². The van der Waals surface area contributed by atoms with Crippen LogP contribution in [0.15, 0.2) is 71.2 Å². The van der Waals surface area contributed by atoms with Gasteiger partial charge in [-0.05, 0) is 41.5 Å². The van der Waals surface area contributed by atoms with E-state index in [9.17, 15) is 9.59 Å². The van der Waals surface area contributed by atoms with E-state index < -0.39 is 0 Å². The van der Waals surface area contributed by atoms with Crippen LogP contribution in [0.5, 0.6) is 0 Å². The molecular formula is C21H19BrN2O2. The molecule has 1 unspecified atom stereocenters. The highest BCUT2D eigenvalue weighted by atomic mass is 79.9. The number of fused-ring (bicyclic) bond motifs is 1. The standard InChI is InChI=1S/C21H19BrN2O2/c1-14(18-11-5-7-15-6-2-3-10-19(15)18)24-20(25)13-23-21(26)16-8-4-9-17(22)12-16/h2-12,14H,13H2,1H3,(H,23,26)(H,24,25). The van der Waals surface area contributed by atoms with Crippen LogP contribution in [0.1, 0.15) is 28.9 Å². The summed E-state index contributed by atoms with van der Waals surface area (Å²) in [6.45, 7) is 1.87. The molecule has 0 aromatic heterocycles. The Bertz CT molecular complexity index is 950. The van der Waals surface area contributed by atoms with Crippen LogP contribution >= 0.6 is 15.9 Å². The fourth-order valence-electron chi connectivity index (χ4n) is 2.89. The highest BCUT2D eigenvalue weighted by molar-refractivity contribution is 9.10. The molecule has 0 fully saturated rings. The normalized spacial score (nSPS) is 11.8. The summed E-state index contributed by atoms with van der Waals surface area (Å²) < 4.78 is 0.819. The first-order chi connectivity index (χ1) is 12.5. The summed E-state index contributed by atoms with van der Waals surface area (Å²) in [4.78, 5) is 24.4. The maximum atomic E-state index is 12.2. The second-order valence-electron chi connectivity index (χ2n) is 6.05. The van der Waals surface area contributed by atoms with Crippen LogP contribution in [-0.4, -0.2) is 18.4 Å². The Morgan fingerprint density at radius 3 is 2.54 bits per heavy atom. The molecule has 0 heterocycles. The molecule has 0 radical (unpaired) electrons. The van der Waals surface area contributed by atoms with Gasteiger partial charge in [-0.15, -0.1) is 0 Å². The molecule has 0 aliphatic rings. The van der Waals surface area contributed by atoms with Crippen LogP contribution in [0, 0.1) is 0 Å². The van der Waals surface area contributed by atoms with Crippen molar-refractivity contribution in [1.29, 1.82) is 0 Å². The van der Waals surface area contributed by atoms with Crippen molar-refractivity contribution < 1.29 is 9.59 Å². The second-order valence-corrected chi connectivity index (χ2v) is 6.97. The highest BCUT2D eigenvalue weighted by Crippen LogP contribution is 2.23. The molecule has 4 nitrogen and oxygen atoms in total. The quantitative estimate of drug-likeness (QED) is 0.661. The van der Waals surface area contributed by atoms with Crippen molar-refractivity contribution in [3.05, 3.63) is 82.3 Å². The van der Waals surface area contributed by atoms with Crippen LogP contribution in [0.25, 0.3) is 10.8 Å². The molecule has 2 amide bonds. The van der Waals surface area contributed by atoms with Crippen molar-refractivity contribution in [2.75, 3.05) is 6.54 Å². The van der Waals surface area contributed by atoms with Crippen molar-refractivity contribution in [3.63, 3.8) is 0 Å². The number of hydrogen-bond acceptors (Lipinski definition) is 2. The first kappa shape index (κ1) is 18.1. The van der Waals surface area contributed by atoms with E-state index >= 15 is 0 Å². The Morgan fingerprint density at radius 1 is 1.00 bits per heavy atom. The lowest BCUT2D eigenvalue weighted by Crippen LogP contribution is -2.38. The molecule has 0 bridgehead atoms. The molecule has 0 saturated carbocycles. The van der Waals surface area contributed by atoms with E-state index in [1.54, 1.807) is 18.2 Å². The molecule has 132 valence electrons. The van der Waals surface area contributed by atoms with Crippen LogP contribution in [-0.2, 0) is 4.79 Å². The lowest BCUT2D eigenvalue weighted by atomic mass is 10.00. The van der Waals surface area contributed by atoms with E-state index in [1.165, 1.54) is 0 Å². The van der Waals surface area contributed by atoms with Gasteiger partial charge in [-0.3, -0.25) is 9.59 Å². The number of hydrogen-bond donors (Lipinski definition) is 2. The van der Waals surface area contributed by atoms with Crippen molar-refractivity contribution in [2.24, 2.45) is 0 Å². The zero-order chi connectivity index (χ0) is 18.5. The number of carbonyl (C=O) groups excluding carboxylic acids is 2. The Balaban J connectivity index is 1.61. The molecule has 26 heavy (non-hydrogen) atoms. The molecule has 3 aromatic rings. The highest BCUT2D eigenvalue weighted by Gasteiger charge is 2.13. The van der Waals surface area contributed by atoms with E-state index in [0.29, 0.717) is 5.56 Å². The van der Waals surface area contributed by atoms with Gasteiger partial charge < -0.3 is 10.6 Å². The second kappa shape index (κ2) is 8.15. The number of rotatable bonds is 5. The summed E-state index contributed by atoms with van der Waals surface area (Å²) in [5.41, 5.74) is 1.56. The third kappa shape index (κ3) is 4.29. The third-order valence-corrected chi connectivity index (χ3v) is 4.66. The number of benzene rings is 3. The van der Waals surface area contributed by atoms with Gasteiger partial charge in [0.15, 0.2) is 0 Å². The number of amides is 2. The largest absolute Gasteiger partial charge is 0.348 e. The van der Waals surface area contributed by atoms with Gasteiger partial charge in [-0.1, -0.05) is 64.5 Å². The minimum absolute atomic E-state index is 0.0690. The SMILES string of the molecule is CC(NC(=O)CNC(=O)c1cccc(Br)c1)c1cccc2ccccc12. The third-order valence-electron chi connectivity index (χ3n) is 4.16. The van der Waals surface area contributed by atoms with E-state index in [1.807, 2.05) is 55.5 Å². The predicted molar refractivity (Wildman–Crippen MR) is 107 cm³/mol. The minimum Gasteiger partial charge on any atom is -0.348 e. The van der Waals surface area contributed by atoms with Crippen molar-refractivity contribution in [1.82, 2.24) is 10.6 Å². The van der Waals surface area contributed by atoms with Gasteiger partial charge in [0, 0.05) is 10.0 Å². The molecule has 0 spiro atoms. The summed E-state index contributed by atoms with van der Waals surface area (Å²) in [5.74, 6) is -0.506. The fourth-order valence-corrected chi connectivity index (χ4v) is 3.29. The van der Waals surface area contributed by atoms with Gasteiger partial charge in [-0.2, -0.15) is 0 Å². The summed E-state index contributed by atoms with van der Waals surface area (Å²) >= 11 is 3.33. The Morgan fingerprint density at radius 2 is 1.73 bits per heavy atom. The molecule has 3 aromatic carbocycles. The summed E-state index contributed by atoms with van der Waals surface area (Å²) in [7, 11) is 0. The van der Waals surface area contributed by atoms with Gasteiger partial charge in [0.05, 0.1) is 12.6 Å². The lowest BCUT2D eigenvalue weighted by molar-refractivity contribution is -0.120. The summed E-state index contributed by atoms with van der Waals surface area (Å²) in [6, 6.07) is 21.0. The van der Waals surface area contributed by atoms with Crippen LogP contribution in [0.4, 0.5) is 0 Å². The first-order valence-electron chi connectivity index (χ1n) is 8.35. The minimum atomic E-state index is -0.278. The number of nitrogens with one attached hydrogen (secondary N) is 2. The average Bonchev–Trinajstić information content (AvgIpc) is 2.65. The van der Waals surface area contributed by atoms with Gasteiger partial charge in [0.1, 0.15) is 0 Å². The average molecular weight is 411 g/mol. The van der Waals surface area contributed by atoms with Crippen LogP contribution in [0.3, 0.4) is 0 Å². The van der Waals surface area contributed by atoms with E-state index in [2.05, 4.69) is 26.6 Å². The maximum absolute atomic E-state index is 12.2. The van der Waals surface area contributed by atoms with Crippen molar-refractivity contribution >= 4 is 38.5 Å². The van der Waals surface area contributed by atoms with E-state index in [0.717, 1.165) is 20.8 Å². The number of halogens is 1. The zero-order valence-corrected chi connectivity index (χ0v) is 15.9. The summed E-state index contributed by atoms with van der Waals surface area (Å²) in [6.07, 6.45) is 0. The molecule has 0 aliphatic heterocycles. The predicted octanol–water partition coefficient (Wildman–Crippen LogP) is 4.21. The maximum Gasteiger partial charge on any atom is 0.251 e. The Labute approximate surface area is 160 Å². The van der Waals surface area contributed by atoms with E-state index in [4.69, 9.17) is 0 Å². The van der Waals surface area contributed by atoms with Gasteiger partial charge in [-0.25, -0.2) is 0 Å². The smallest absolute Gasteiger partial charge is 0.251 e. The Hall–Kier alpha value is -2.66. The first-order valence-corrected chi connectivity index (χ1v) is 9.14. The van der Waals surface area contributed by atoms with Crippen molar-refractivity contribution in [2.45, 2.75) is 13.0 Å². The van der Waals surface area contributed by atoms with Gasteiger partial charge in [0.25, 0.3) is 5.91 Å². The monoisotopic (exact) mass is 410 g/mol. The van der Waals surface area contributed by atoms with Crippen LogP contribution in [0.2, 0.25) is 0 Å². The zero-order valence-electron chi connectivity index (χ0n) is 14.3. The number of carbonyl (C=O) groups is 2. The van der Waals surface area contributed by atoms with Gasteiger partial charge >= 0.3 is 0 Å². The van der Waals surface area contributed by atoms with Crippen molar-refractivity contribution in [3.8, 4) is 0 Å².